The van der Waals surface area contributed by atoms with Crippen LogP contribution in [0.15, 0.2) is 6.20 Å². The maximum absolute atomic E-state index is 11.8. The summed E-state index contributed by atoms with van der Waals surface area (Å²) in [5.41, 5.74) is 1.67. The zero-order chi connectivity index (χ0) is 12.3. The van der Waals surface area contributed by atoms with E-state index in [1.807, 2.05) is 27.8 Å². The van der Waals surface area contributed by atoms with Crippen molar-refractivity contribution in [2.75, 3.05) is 0 Å². The van der Waals surface area contributed by atoms with E-state index in [1.54, 1.807) is 10.9 Å². The number of hydrogen-bond donors (Lipinski definition) is 1. The topological polar surface area (TPSA) is 46.9 Å². The third-order valence-electron chi connectivity index (χ3n) is 2.21. The van der Waals surface area contributed by atoms with Crippen LogP contribution in [0.2, 0.25) is 0 Å². The minimum atomic E-state index is -0.661. The highest BCUT2D eigenvalue weighted by atomic mass is 35.5. The monoisotopic (exact) mass is 243 g/mol. The first kappa shape index (κ1) is 13.0. The van der Waals surface area contributed by atoms with Crippen LogP contribution in [0.25, 0.3) is 0 Å². The summed E-state index contributed by atoms with van der Waals surface area (Å²) < 4.78 is 1.69. The molecule has 0 fully saturated rings. The van der Waals surface area contributed by atoms with Crippen molar-refractivity contribution >= 4 is 17.5 Å². The molecule has 0 aromatic carbocycles. The number of aryl methyl sites for hydroxylation is 2. The van der Waals surface area contributed by atoms with Crippen LogP contribution in [-0.4, -0.2) is 21.7 Å². The van der Waals surface area contributed by atoms with E-state index >= 15 is 0 Å². The Bertz CT molecular complexity index is 373. The SMILES string of the molecule is CCc1nn(C)cc1C(Cl)C(=O)NC(C)C. The fourth-order valence-corrected chi connectivity index (χ4v) is 1.78. The van der Waals surface area contributed by atoms with E-state index in [1.165, 1.54) is 0 Å². The normalized spacial score (nSPS) is 12.9. The van der Waals surface area contributed by atoms with Gasteiger partial charge in [0.05, 0.1) is 5.69 Å². The summed E-state index contributed by atoms with van der Waals surface area (Å²) in [6.45, 7) is 5.81. The Kier molecular flexibility index (Phi) is 4.35. The second kappa shape index (κ2) is 5.34. The third kappa shape index (κ3) is 2.98. The van der Waals surface area contributed by atoms with Gasteiger partial charge in [-0.2, -0.15) is 5.10 Å². The van der Waals surface area contributed by atoms with Gasteiger partial charge in [-0.3, -0.25) is 9.48 Å². The first-order chi connectivity index (χ1) is 7.45. The van der Waals surface area contributed by atoms with Gasteiger partial charge >= 0.3 is 0 Å². The number of amides is 1. The van der Waals surface area contributed by atoms with Gasteiger partial charge in [0.15, 0.2) is 0 Å². The second-order valence-corrected chi connectivity index (χ2v) is 4.52. The van der Waals surface area contributed by atoms with Crippen molar-refractivity contribution in [2.45, 2.75) is 38.6 Å². The third-order valence-corrected chi connectivity index (χ3v) is 2.64. The minimum absolute atomic E-state index is 0.0931. The lowest BCUT2D eigenvalue weighted by Gasteiger charge is -2.12. The number of rotatable bonds is 4. The van der Waals surface area contributed by atoms with Gasteiger partial charge in [-0.1, -0.05) is 6.92 Å². The van der Waals surface area contributed by atoms with E-state index in [0.717, 1.165) is 17.7 Å². The molecule has 0 aliphatic heterocycles. The molecule has 1 N–H and O–H groups in total. The van der Waals surface area contributed by atoms with Crippen LogP contribution in [-0.2, 0) is 18.3 Å². The molecule has 1 rings (SSSR count). The van der Waals surface area contributed by atoms with Crippen molar-refractivity contribution in [2.24, 2.45) is 7.05 Å². The van der Waals surface area contributed by atoms with Gasteiger partial charge in [0.25, 0.3) is 0 Å². The smallest absolute Gasteiger partial charge is 0.242 e. The zero-order valence-electron chi connectivity index (χ0n) is 10.1. The Labute approximate surface area is 101 Å². The summed E-state index contributed by atoms with van der Waals surface area (Å²) in [4.78, 5) is 11.8. The number of halogens is 1. The quantitative estimate of drug-likeness (QED) is 0.820. The molecule has 1 atom stereocenters. The summed E-state index contributed by atoms with van der Waals surface area (Å²) >= 11 is 6.13. The molecule has 0 radical (unpaired) electrons. The number of nitrogens with zero attached hydrogens (tertiary/aromatic N) is 2. The average molecular weight is 244 g/mol. The van der Waals surface area contributed by atoms with Crippen molar-refractivity contribution < 1.29 is 4.79 Å². The van der Waals surface area contributed by atoms with Crippen LogP contribution in [0, 0.1) is 0 Å². The predicted molar refractivity (Wildman–Crippen MR) is 64.5 cm³/mol. The molecule has 0 aliphatic rings. The molecular weight excluding hydrogens is 226 g/mol. The van der Waals surface area contributed by atoms with Crippen molar-refractivity contribution in [1.29, 1.82) is 0 Å². The lowest BCUT2D eigenvalue weighted by Crippen LogP contribution is -2.32. The number of hydrogen-bond acceptors (Lipinski definition) is 2. The zero-order valence-corrected chi connectivity index (χ0v) is 10.9. The number of nitrogens with one attached hydrogen (secondary N) is 1. The molecule has 4 nitrogen and oxygen atoms in total. The number of alkyl halides is 1. The Hall–Kier alpha value is -1.03. The summed E-state index contributed by atoms with van der Waals surface area (Å²) in [5.74, 6) is -0.167. The number of carbonyl (C=O) groups is 1. The van der Waals surface area contributed by atoms with Crippen molar-refractivity contribution in [3.63, 3.8) is 0 Å². The Balaban J connectivity index is 2.86. The molecule has 1 unspecified atom stereocenters. The fraction of sp³-hybridized carbons (Fsp3) is 0.636. The fourth-order valence-electron chi connectivity index (χ4n) is 1.54. The Morgan fingerprint density at radius 2 is 2.25 bits per heavy atom. The molecule has 0 spiro atoms. The van der Waals surface area contributed by atoms with E-state index < -0.39 is 5.38 Å². The van der Waals surface area contributed by atoms with Gasteiger partial charge < -0.3 is 5.32 Å². The van der Waals surface area contributed by atoms with Gasteiger partial charge in [0.2, 0.25) is 5.91 Å². The highest BCUT2D eigenvalue weighted by Crippen LogP contribution is 2.24. The molecule has 1 amide bonds. The standard InChI is InChI=1S/C11H18ClN3O/c1-5-9-8(6-15(4)14-9)10(12)11(16)13-7(2)3/h6-7,10H,5H2,1-4H3,(H,13,16). The van der Waals surface area contributed by atoms with Gasteiger partial charge in [-0.25, -0.2) is 0 Å². The van der Waals surface area contributed by atoms with E-state index in [9.17, 15) is 4.79 Å². The maximum atomic E-state index is 11.8. The van der Waals surface area contributed by atoms with Crippen molar-refractivity contribution in [1.82, 2.24) is 15.1 Å². The van der Waals surface area contributed by atoms with E-state index in [4.69, 9.17) is 11.6 Å². The Morgan fingerprint density at radius 1 is 1.62 bits per heavy atom. The predicted octanol–water partition coefficient (Wildman–Crippen LogP) is 1.79. The molecule has 1 aromatic rings. The first-order valence-electron chi connectivity index (χ1n) is 5.42. The summed E-state index contributed by atoms with van der Waals surface area (Å²) in [6.07, 6.45) is 2.57. The van der Waals surface area contributed by atoms with Crippen LogP contribution in [0.1, 0.15) is 37.4 Å². The van der Waals surface area contributed by atoms with Crippen LogP contribution in [0.3, 0.4) is 0 Å². The molecule has 0 bridgehead atoms. The molecule has 0 aliphatic carbocycles. The maximum Gasteiger partial charge on any atom is 0.242 e. The summed E-state index contributed by atoms with van der Waals surface area (Å²) in [5, 5.41) is 6.40. The molecule has 0 saturated carbocycles. The van der Waals surface area contributed by atoms with Crippen LogP contribution in [0.4, 0.5) is 0 Å². The van der Waals surface area contributed by atoms with Crippen LogP contribution >= 0.6 is 11.6 Å². The minimum Gasteiger partial charge on any atom is -0.352 e. The number of carbonyl (C=O) groups excluding carboxylic acids is 1. The largest absolute Gasteiger partial charge is 0.352 e. The lowest BCUT2D eigenvalue weighted by atomic mass is 10.1. The highest BCUT2D eigenvalue weighted by molar-refractivity contribution is 6.30. The van der Waals surface area contributed by atoms with Gasteiger partial charge in [0.1, 0.15) is 5.38 Å². The lowest BCUT2D eigenvalue weighted by molar-refractivity contribution is -0.121. The van der Waals surface area contributed by atoms with E-state index in [0.29, 0.717) is 0 Å². The van der Waals surface area contributed by atoms with Gasteiger partial charge in [0, 0.05) is 24.8 Å². The highest BCUT2D eigenvalue weighted by Gasteiger charge is 2.22. The number of aromatic nitrogens is 2. The Morgan fingerprint density at radius 3 is 2.75 bits per heavy atom. The first-order valence-corrected chi connectivity index (χ1v) is 5.86. The van der Waals surface area contributed by atoms with E-state index in [-0.39, 0.29) is 11.9 Å². The van der Waals surface area contributed by atoms with Crippen molar-refractivity contribution in [3.05, 3.63) is 17.5 Å². The van der Waals surface area contributed by atoms with Gasteiger partial charge in [-0.05, 0) is 20.3 Å². The summed E-state index contributed by atoms with van der Waals surface area (Å²) in [6, 6.07) is 0.0931. The molecule has 1 aromatic heterocycles. The average Bonchev–Trinajstić information content (AvgIpc) is 2.57. The van der Waals surface area contributed by atoms with E-state index in [2.05, 4.69) is 10.4 Å². The van der Waals surface area contributed by atoms with Crippen LogP contribution < -0.4 is 5.32 Å². The molecule has 16 heavy (non-hydrogen) atoms. The summed E-state index contributed by atoms with van der Waals surface area (Å²) in [7, 11) is 1.83. The molecule has 0 saturated heterocycles. The molecule has 90 valence electrons. The van der Waals surface area contributed by atoms with Gasteiger partial charge in [-0.15, -0.1) is 11.6 Å². The van der Waals surface area contributed by atoms with Crippen LogP contribution in [0.5, 0.6) is 0 Å². The molecule has 1 heterocycles. The molecular formula is C11H18ClN3O. The molecule has 5 heteroatoms. The second-order valence-electron chi connectivity index (χ2n) is 4.08. The van der Waals surface area contributed by atoms with Crippen molar-refractivity contribution in [3.8, 4) is 0 Å².